The van der Waals surface area contributed by atoms with Crippen molar-refractivity contribution in [3.05, 3.63) is 59.9 Å². The highest BCUT2D eigenvalue weighted by molar-refractivity contribution is 5.94. The summed E-state index contributed by atoms with van der Waals surface area (Å²) in [4.78, 5) is 14.7. The van der Waals surface area contributed by atoms with Gasteiger partial charge in [0.2, 0.25) is 0 Å². The van der Waals surface area contributed by atoms with Gasteiger partial charge in [-0.25, -0.2) is 0 Å². The van der Waals surface area contributed by atoms with Gasteiger partial charge in [-0.2, -0.15) is 0 Å². The van der Waals surface area contributed by atoms with E-state index in [0.29, 0.717) is 12.6 Å². The van der Waals surface area contributed by atoms with E-state index in [1.54, 1.807) is 0 Å². The number of carbonyl (C=O) groups excluding carboxylic acids is 1. The smallest absolute Gasteiger partial charge is 0.271 e. The van der Waals surface area contributed by atoms with Gasteiger partial charge in [-0.05, 0) is 17.7 Å². The van der Waals surface area contributed by atoms with Crippen molar-refractivity contribution in [2.45, 2.75) is 18.6 Å². The summed E-state index contributed by atoms with van der Waals surface area (Å²) in [7, 11) is 0. The Morgan fingerprint density at radius 1 is 1.05 bits per heavy atom. The predicted octanol–water partition coefficient (Wildman–Crippen LogP) is 1.66. The Labute approximate surface area is 118 Å². The molecule has 0 radical (unpaired) electrons. The molecule has 1 N–H and O–H groups in total. The van der Waals surface area contributed by atoms with Crippen LogP contribution in [-0.2, 0) is 6.54 Å². The van der Waals surface area contributed by atoms with E-state index in [1.807, 2.05) is 41.4 Å². The lowest BCUT2D eigenvalue weighted by atomic mass is 10.0. The minimum Gasteiger partial charge on any atom is -0.337 e. The van der Waals surface area contributed by atoms with Crippen LogP contribution >= 0.6 is 0 Å². The monoisotopic (exact) mass is 267 g/mol. The van der Waals surface area contributed by atoms with Gasteiger partial charge in [0.15, 0.2) is 0 Å². The van der Waals surface area contributed by atoms with Crippen LogP contribution in [-0.4, -0.2) is 34.5 Å². The molecule has 0 bridgehead atoms. The van der Waals surface area contributed by atoms with E-state index in [1.165, 1.54) is 5.56 Å². The van der Waals surface area contributed by atoms with Crippen molar-refractivity contribution in [3.63, 3.8) is 0 Å². The molecule has 2 aromatic rings. The first-order valence-electron chi connectivity index (χ1n) is 7.07. The second-order valence-corrected chi connectivity index (χ2v) is 5.51. The molecule has 0 spiro atoms. The third-order valence-corrected chi connectivity index (χ3v) is 4.36. The van der Waals surface area contributed by atoms with Crippen LogP contribution in [0.25, 0.3) is 0 Å². The summed E-state index contributed by atoms with van der Waals surface area (Å²) >= 11 is 0. The first-order valence-corrected chi connectivity index (χ1v) is 7.07. The Kier molecular flexibility index (Phi) is 2.63. The van der Waals surface area contributed by atoms with Gasteiger partial charge in [0.1, 0.15) is 5.69 Å². The van der Waals surface area contributed by atoms with E-state index >= 15 is 0 Å². The fourth-order valence-electron chi connectivity index (χ4n) is 3.38. The first kappa shape index (κ1) is 11.7. The average molecular weight is 267 g/mol. The summed E-state index contributed by atoms with van der Waals surface area (Å²) in [5.41, 5.74) is 2.00. The molecular formula is C16H17N3O. The maximum Gasteiger partial charge on any atom is 0.271 e. The normalized spacial score (nSPS) is 24.6. The van der Waals surface area contributed by atoms with Gasteiger partial charge in [-0.1, -0.05) is 30.3 Å². The Balaban J connectivity index is 1.71. The fourth-order valence-corrected chi connectivity index (χ4v) is 3.38. The standard InChI is InChI=1S/C16H17N3O/c20-16-13-7-4-8-18(13)14-9-17-10-15(14)19(16)11-12-5-2-1-3-6-12/h1-8,14-15,17H,9-11H2/t14-,15-/m1/s1. The van der Waals surface area contributed by atoms with E-state index in [4.69, 9.17) is 0 Å². The third kappa shape index (κ3) is 1.68. The van der Waals surface area contributed by atoms with Crippen molar-refractivity contribution in [2.24, 2.45) is 0 Å². The maximum atomic E-state index is 12.7. The lowest BCUT2D eigenvalue weighted by Gasteiger charge is -2.38. The van der Waals surface area contributed by atoms with E-state index in [-0.39, 0.29) is 11.9 Å². The van der Waals surface area contributed by atoms with Crippen LogP contribution in [0, 0.1) is 0 Å². The molecule has 4 rings (SSSR count). The highest BCUT2D eigenvalue weighted by Gasteiger charge is 2.41. The van der Waals surface area contributed by atoms with Crippen molar-refractivity contribution >= 4 is 5.91 Å². The fraction of sp³-hybridized carbons (Fsp3) is 0.312. The molecule has 1 saturated heterocycles. The second-order valence-electron chi connectivity index (χ2n) is 5.51. The number of nitrogens with zero attached hydrogens (tertiary/aromatic N) is 2. The average Bonchev–Trinajstić information content (AvgIpc) is 3.12. The number of rotatable bonds is 2. The Hall–Kier alpha value is -2.07. The molecule has 2 aliphatic rings. The zero-order chi connectivity index (χ0) is 13.5. The highest BCUT2D eigenvalue weighted by Crippen LogP contribution is 2.31. The molecule has 4 nitrogen and oxygen atoms in total. The van der Waals surface area contributed by atoms with Gasteiger partial charge in [-0.15, -0.1) is 0 Å². The molecule has 3 heterocycles. The zero-order valence-electron chi connectivity index (χ0n) is 11.2. The number of hydrogen-bond donors (Lipinski definition) is 1. The molecule has 0 unspecified atom stereocenters. The van der Waals surface area contributed by atoms with E-state index < -0.39 is 0 Å². The zero-order valence-corrected chi connectivity index (χ0v) is 11.2. The molecule has 102 valence electrons. The molecule has 1 amide bonds. The lowest BCUT2D eigenvalue weighted by Crippen LogP contribution is -2.49. The van der Waals surface area contributed by atoms with Crippen molar-refractivity contribution in [2.75, 3.05) is 13.1 Å². The minimum atomic E-state index is 0.142. The summed E-state index contributed by atoms with van der Waals surface area (Å²) in [6.45, 7) is 2.50. The maximum absolute atomic E-state index is 12.7. The molecule has 1 fully saturated rings. The molecule has 2 atom stereocenters. The SMILES string of the molecule is O=C1c2cccn2[C@@H]2CNC[C@H]2N1Cc1ccccc1. The number of carbonyl (C=O) groups is 1. The van der Waals surface area contributed by atoms with Gasteiger partial charge in [0, 0.05) is 25.8 Å². The van der Waals surface area contributed by atoms with Crippen LogP contribution in [0.3, 0.4) is 0 Å². The summed E-state index contributed by atoms with van der Waals surface area (Å²) in [6, 6.07) is 14.7. The van der Waals surface area contributed by atoms with Crippen LogP contribution in [0.4, 0.5) is 0 Å². The largest absolute Gasteiger partial charge is 0.337 e. The van der Waals surface area contributed by atoms with Gasteiger partial charge < -0.3 is 14.8 Å². The summed E-state index contributed by atoms with van der Waals surface area (Å²) in [5.74, 6) is 0.142. The Morgan fingerprint density at radius 2 is 1.85 bits per heavy atom. The number of nitrogens with one attached hydrogen (secondary N) is 1. The summed E-state index contributed by atoms with van der Waals surface area (Å²) < 4.78 is 2.13. The van der Waals surface area contributed by atoms with E-state index in [0.717, 1.165) is 18.8 Å². The number of amides is 1. The molecular weight excluding hydrogens is 250 g/mol. The second kappa shape index (κ2) is 4.49. The summed E-state index contributed by atoms with van der Waals surface area (Å²) in [6.07, 6.45) is 2.03. The first-order chi connectivity index (χ1) is 9.84. The molecule has 20 heavy (non-hydrogen) atoms. The molecule has 4 heteroatoms. The Bertz CT molecular complexity index is 634. The number of aromatic nitrogens is 1. The van der Waals surface area contributed by atoms with Crippen LogP contribution in [0.5, 0.6) is 0 Å². The van der Waals surface area contributed by atoms with Crippen molar-refractivity contribution in [3.8, 4) is 0 Å². The number of hydrogen-bond acceptors (Lipinski definition) is 2. The van der Waals surface area contributed by atoms with E-state index in [9.17, 15) is 4.79 Å². The van der Waals surface area contributed by atoms with Crippen molar-refractivity contribution in [1.29, 1.82) is 0 Å². The minimum absolute atomic E-state index is 0.142. The number of benzene rings is 1. The topological polar surface area (TPSA) is 37.3 Å². The predicted molar refractivity (Wildman–Crippen MR) is 76.4 cm³/mol. The summed E-state index contributed by atoms with van der Waals surface area (Å²) in [5, 5.41) is 3.42. The molecule has 0 saturated carbocycles. The van der Waals surface area contributed by atoms with Crippen LogP contribution in [0.1, 0.15) is 22.1 Å². The van der Waals surface area contributed by atoms with Crippen LogP contribution in [0.15, 0.2) is 48.7 Å². The molecule has 1 aromatic heterocycles. The lowest BCUT2D eigenvalue weighted by molar-refractivity contribution is 0.0561. The van der Waals surface area contributed by atoms with Crippen molar-refractivity contribution in [1.82, 2.24) is 14.8 Å². The van der Waals surface area contributed by atoms with Gasteiger partial charge >= 0.3 is 0 Å². The van der Waals surface area contributed by atoms with E-state index in [2.05, 4.69) is 22.0 Å². The highest BCUT2D eigenvalue weighted by atomic mass is 16.2. The van der Waals surface area contributed by atoms with Crippen LogP contribution in [0.2, 0.25) is 0 Å². The molecule has 2 aliphatic heterocycles. The van der Waals surface area contributed by atoms with Gasteiger partial charge in [-0.3, -0.25) is 4.79 Å². The molecule has 1 aromatic carbocycles. The number of fused-ring (bicyclic) bond motifs is 3. The van der Waals surface area contributed by atoms with Crippen molar-refractivity contribution < 1.29 is 4.79 Å². The van der Waals surface area contributed by atoms with Crippen LogP contribution < -0.4 is 5.32 Å². The molecule has 0 aliphatic carbocycles. The quantitative estimate of drug-likeness (QED) is 0.898. The van der Waals surface area contributed by atoms with Gasteiger partial charge in [0.05, 0.1) is 12.1 Å². The van der Waals surface area contributed by atoms with Gasteiger partial charge in [0.25, 0.3) is 5.91 Å². The Morgan fingerprint density at radius 3 is 2.70 bits per heavy atom. The third-order valence-electron chi connectivity index (χ3n) is 4.36.